The molecule has 2 aromatic rings. The summed E-state index contributed by atoms with van der Waals surface area (Å²) >= 11 is 3.51. The van der Waals surface area contributed by atoms with Gasteiger partial charge in [-0.25, -0.2) is 4.98 Å². The molecule has 0 saturated heterocycles. The van der Waals surface area contributed by atoms with E-state index in [1.165, 1.54) is 0 Å². The molecule has 0 spiro atoms. The van der Waals surface area contributed by atoms with Crippen LogP contribution in [0.15, 0.2) is 22.7 Å². The Balaban J connectivity index is 2.35. The Bertz CT molecular complexity index is 506. The highest BCUT2D eigenvalue weighted by atomic mass is 79.9. The zero-order chi connectivity index (χ0) is 9.71. The van der Waals surface area contributed by atoms with Gasteiger partial charge in [-0.3, -0.25) is 0 Å². The Labute approximate surface area is 89.5 Å². The van der Waals surface area contributed by atoms with E-state index in [0.717, 1.165) is 21.3 Å². The zero-order valence-corrected chi connectivity index (χ0v) is 9.03. The van der Waals surface area contributed by atoms with Gasteiger partial charge in [-0.1, -0.05) is 6.07 Å². The van der Waals surface area contributed by atoms with Crippen LogP contribution in [0, 0.1) is 0 Å². The molecule has 1 aromatic heterocycles. The van der Waals surface area contributed by atoms with Crippen molar-refractivity contribution in [1.29, 1.82) is 0 Å². The highest BCUT2D eigenvalue weighted by molar-refractivity contribution is 9.10. The van der Waals surface area contributed by atoms with Gasteiger partial charge in [-0.2, -0.15) is 0 Å². The average molecular weight is 253 g/mol. The maximum absolute atomic E-state index is 9.51. The first-order valence-electron chi connectivity index (χ1n) is 4.57. The SMILES string of the molecule is OC1Cc2nc3cccc(Br)c3n2C1. The van der Waals surface area contributed by atoms with E-state index in [1.54, 1.807) is 0 Å². The van der Waals surface area contributed by atoms with E-state index in [2.05, 4.69) is 25.5 Å². The summed E-state index contributed by atoms with van der Waals surface area (Å²) in [6.45, 7) is 0.661. The minimum atomic E-state index is -0.269. The standard InChI is InChI=1S/C10H9BrN2O/c11-7-2-1-3-8-10(7)13-5-6(14)4-9(13)12-8/h1-3,6,14H,4-5H2. The van der Waals surface area contributed by atoms with Crippen LogP contribution in [-0.4, -0.2) is 20.8 Å². The number of rotatable bonds is 0. The van der Waals surface area contributed by atoms with Crippen LogP contribution in [0.1, 0.15) is 5.82 Å². The van der Waals surface area contributed by atoms with E-state index < -0.39 is 0 Å². The van der Waals surface area contributed by atoms with Crippen molar-refractivity contribution < 1.29 is 5.11 Å². The molecule has 1 atom stereocenters. The fourth-order valence-electron chi connectivity index (χ4n) is 2.03. The predicted octanol–water partition coefficient (Wildman–Crippen LogP) is 1.72. The summed E-state index contributed by atoms with van der Waals surface area (Å²) in [4.78, 5) is 4.48. The summed E-state index contributed by atoms with van der Waals surface area (Å²) < 4.78 is 3.13. The Kier molecular flexibility index (Phi) is 1.69. The third-order valence-corrected chi connectivity index (χ3v) is 3.25. The molecule has 72 valence electrons. The van der Waals surface area contributed by atoms with Gasteiger partial charge < -0.3 is 9.67 Å². The molecule has 1 unspecified atom stereocenters. The van der Waals surface area contributed by atoms with Crippen LogP contribution in [0.4, 0.5) is 0 Å². The molecule has 0 bridgehead atoms. The van der Waals surface area contributed by atoms with Gasteiger partial charge in [0.05, 0.1) is 23.7 Å². The number of nitrogens with zero attached hydrogens (tertiary/aromatic N) is 2. The maximum atomic E-state index is 9.51. The topological polar surface area (TPSA) is 38.1 Å². The first-order valence-corrected chi connectivity index (χ1v) is 5.36. The average Bonchev–Trinajstić information content (AvgIpc) is 2.60. The van der Waals surface area contributed by atoms with Gasteiger partial charge in [0.1, 0.15) is 5.82 Å². The van der Waals surface area contributed by atoms with Crippen molar-refractivity contribution in [1.82, 2.24) is 9.55 Å². The molecule has 14 heavy (non-hydrogen) atoms. The number of imidazole rings is 1. The van der Waals surface area contributed by atoms with Crippen LogP contribution in [0.25, 0.3) is 11.0 Å². The van der Waals surface area contributed by atoms with Crippen LogP contribution in [0.5, 0.6) is 0 Å². The predicted molar refractivity (Wildman–Crippen MR) is 57.1 cm³/mol. The van der Waals surface area contributed by atoms with Gasteiger partial charge >= 0.3 is 0 Å². The smallest absolute Gasteiger partial charge is 0.112 e. The van der Waals surface area contributed by atoms with Gasteiger partial charge in [-0.05, 0) is 28.1 Å². The van der Waals surface area contributed by atoms with Crippen molar-refractivity contribution in [2.24, 2.45) is 0 Å². The van der Waals surface area contributed by atoms with Gasteiger partial charge in [0, 0.05) is 10.9 Å². The molecule has 0 amide bonds. The number of aliphatic hydroxyl groups excluding tert-OH is 1. The molecule has 0 fully saturated rings. The third kappa shape index (κ3) is 1.04. The lowest BCUT2D eigenvalue weighted by Gasteiger charge is -2.02. The molecular formula is C10H9BrN2O. The molecule has 3 rings (SSSR count). The summed E-state index contributed by atoms with van der Waals surface area (Å²) in [7, 11) is 0. The lowest BCUT2D eigenvalue weighted by atomic mass is 10.3. The van der Waals surface area contributed by atoms with Crippen molar-refractivity contribution in [3.05, 3.63) is 28.5 Å². The largest absolute Gasteiger partial charge is 0.391 e. The van der Waals surface area contributed by atoms with Crippen molar-refractivity contribution in [2.45, 2.75) is 19.1 Å². The number of para-hydroxylation sites is 1. The minimum absolute atomic E-state index is 0.269. The van der Waals surface area contributed by atoms with Crippen LogP contribution in [-0.2, 0) is 13.0 Å². The minimum Gasteiger partial charge on any atom is -0.391 e. The van der Waals surface area contributed by atoms with E-state index in [9.17, 15) is 5.11 Å². The highest BCUT2D eigenvalue weighted by Crippen LogP contribution is 2.28. The Morgan fingerprint density at radius 2 is 2.36 bits per heavy atom. The van der Waals surface area contributed by atoms with E-state index in [4.69, 9.17) is 0 Å². The first-order chi connectivity index (χ1) is 6.75. The quantitative estimate of drug-likeness (QED) is 0.776. The molecule has 0 saturated carbocycles. The number of halogens is 1. The van der Waals surface area contributed by atoms with E-state index in [1.807, 2.05) is 18.2 Å². The number of hydrogen-bond donors (Lipinski definition) is 1. The lowest BCUT2D eigenvalue weighted by Crippen LogP contribution is -2.07. The van der Waals surface area contributed by atoms with Crippen molar-refractivity contribution >= 4 is 27.0 Å². The van der Waals surface area contributed by atoms with Crippen LogP contribution >= 0.6 is 15.9 Å². The van der Waals surface area contributed by atoms with Crippen molar-refractivity contribution in [3.8, 4) is 0 Å². The van der Waals surface area contributed by atoms with Gasteiger partial charge in [0.2, 0.25) is 0 Å². The Morgan fingerprint density at radius 1 is 1.50 bits per heavy atom. The summed E-state index contributed by atoms with van der Waals surface area (Å²) in [6, 6.07) is 5.98. The summed E-state index contributed by atoms with van der Waals surface area (Å²) in [5.74, 6) is 0.986. The Hall–Kier alpha value is -0.870. The molecule has 1 aromatic carbocycles. The second-order valence-corrected chi connectivity index (χ2v) is 4.46. The second-order valence-electron chi connectivity index (χ2n) is 3.60. The van der Waals surface area contributed by atoms with E-state index >= 15 is 0 Å². The third-order valence-electron chi connectivity index (χ3n) is 2.61. The van der Waals surface area contributed by atoms with E-state index in [0.29, 0.717) is 13.0 Å². The molecule has 2 heterocycles. The molecule has 3 nitrogen and oxygen atoms in total. The number of benzene rings is 1. The summed E-state index contributed by atoms with van der Waals surface area (Å²) in [6.07, 6.45) is 0.398. The number of hydrogen-bond acceptors (Lipinski definition) is 2. The fraction of sp³-hybridized carbons (Fsp3) is 0.300. The highest BCUT2D eigenvalue weighted by Gasteiger charge is 2.23. The second kappa shape index (κ2) is 2.81. The van der Waals surface area contributed by atoms with Crippen LogP contribution < -0.4 is 0 Å². The Morgan fingerprint density at radius 3 is 3.21 bits per heavy atom. The van der Waals surface area contributed by atoms with Crippen LogP contribution in [0.3, 0.4) is 0 Å². The first kappa shape index (κ1) is 8.44. The van der Waals surface area contributed by atoms with Gasteiger partial charge in [0.15, 0.2) is 0 Å². The van der Waals surface area contributed by atoms with Gasteiger partial charge in [0.25, 0.3) is 0 Å². The van der Waals surface area contributed by atoms with Gasteiger partial charge in [-0.15, -0.1) is 0 Å². The fourth-order valence-corrected chi connectivity index (χ4v) is 2.60. The molecule has 1 aliphatic rings. The van der Waals surface area contributed by atoms with Crippen molar-refractivity contribution in [3.63, 3.8) is 0 Å². The maximum Gasteiger partial charge on any atom is 0.112 e. The molecule has 4 heteroatoms. The van der Waals surface area contributed by atoms with Crippen molar-refractivity contribution in [2.75, 3.05) is 0 Å². The number of aromatic nitrogens is 2. The monoisotopic (exact) mass is 252 g/mol. The summed E-state index contributed by atoms with van der Waals surface area (Å²) in [5.41, 5.74) is 2.10. The molecule has 0 radical (unpaired) electrons. The zero-order valence-electron chi connectivity index (χ0n) is 7.44. The molecule has 1 N–H and O–H groups in total. The van der Waals surface area contributed by atoms with Crippen LogP contribution in [0.2, 0.25) is 0 Å². The normalized spacial score (nSPS) is 20.3. The molecule has 0 aliphatic carbocycles. The number of aliphatic hydroxyl groups is 1. The number of fused-ring (bicyclic) bond motifs is 3. The summed E-state index contributed by atoms with van der Waals surface area (Å²) in [5, 5.41) is 9.51. The lowest BCUT2D eigenvalue weighted by molar-refractivity contribution is 0.176. The van der Waals surface area contributed by atoms with E-state index in [-0.39, 0.29) is 6.10 Å². The molecular weight excluding hydrogens is 244 g/mol. The molecule has 1 aliphatic heterocycles.